The van der Waals surface area contributed by atoms with Crippen LogP contribution in [-0.4, -0.2) is 43.7 Å². The summed E-state index contributed by atoms with van der Waals surface area (Å²) in [7, 11) is 1.46. The van der Waals surface area contributed by atoms with E-state index in [9.17, 15) is 14.4 Å². The molecular weight excluding hydrogens is 402 g/mol. The Labute approximate surface area is 180 Å². The van der Waals surface area contributed by atoms with Crippen LogP contribution in [0.4, 0.5) is 11.4 Å². The maximum absolute atomic E-state index is 12.6. The van der Waals surface area contributed by atoms with Gasteiger partial charge in [0.15, 0.2) is 0 Å². The second-order valence-electron chi connectivity index (χ2n) is 6.82. The van der Waals surface area contributed by atoms with E-state index in [4.69, 9.17) is 4.74 Å². The van der Waals surface area contributed by atoms with Crippen LogP contribution in [0.25, 0.3) is 0 Å². The lowest BCUT2D eigenvalue weighted by Crippen LogP contribution is -2.36. The van der Waals surface area contributed by atoms with Gasteiger partial charge in [0.25, 0.3) is 0 Å². The summed E-state index contributed by atoms with van der Waals surface area (Å²) in [6.07, 6.45) is 0.298. The highest BCUT2D eigenvalue weighted by Crippen LogP contribution is 2.34. The molecule has 2 aromatic carbocycles. The van der Waals surface area contributed by atoms with Crippen LogP contribution in [0.3, 0.4) is 0 Å². The first-order valence-corrected chi connectivity index (χ1v) is 10.7. The second kappa shape index (κ2) is 10.8. The number of fused-ring (bicyclic) bond motifs is 1. The summed E-state index contributed by atoms with van der Waals surface area (Å²) in [4.78, 5) is 39.3. The van der Waals surface area contributed by atoms with Gasteiger partial charge in [-0.1, -0.05) is 24.3 Å². The molecule has 30 heavy (non-hydrogen) atoms. The average Bonchev–Trinajstić information content (AvgIpc) is 2.76. The van der Waals surface area contributed by atoms with Gasteiger partial charge >= 0.3 is 0 Å². The number of rotatable bonds is 8. The molecular formula is C22H25N3O4S. The fourth-order valence-electron chi connectivity index (χ4n) is 3.16. The molecule has 8 heteroatoms. The van der Waals surface area contributed by atoms with Crippen LogP contribution in [-0.2, 0) is 25.7 Å². The minimum atomic E-state index is -0.241. The van der Waals surface area contributed by atoms with Crippen LogP contribution in [0, 0.1) is 0 Å². The van der Waals surface area contributed by atoms with Gasteiger partial charge in [0.05, 0.1) is 5.69 Å². The van der Waals surface area contributed by atoms with Crippen LogP contribution in [0.5, 0.6) is 0 Å². The van der Waals surface area contributed by atoms with Crippen LogP contribution >= 0.6 is 11.8 Å². The third-order valence-electron chi connectivity index (χ3n) is 4.57. The summed E-state index contributed by atoms with van der Waals surface area (Å²) >= 11 is 1.74. The maximum atomic E-state index is 12.6. The number of carbonyl (C=O) groups excluding carboxylic acids is 3. The highest BCUT2D eigenvalue weighted by molar-refractivity contribution is 7.99. The van der Waals surface area contributed by atoms with Crippen molar-refractivity contribution in [1.29, 1.82) is 0 Å². The van der Waals surface area contributed by atoms with Gasteiger partial charge in [0.2, 0.25) is 17.7 Å². The fraction of sp³-hybridized carbons (Fsp3) is 0.318. The Morgan fingerprint density at radius 3 is 2.73 bits per heavy atom. The zero-order valence-corrected chi connectivity index (χ0v) is 17.7. The lowest BCUT2D eigenvalue weighted by atomic mass is 10.2. The Morgan fingerprint density at radius 2 is 1.90 bits per heavy atom. The molecule has 2 N–H and O–H groups in total. The van der Waals surface area contributed by atoms with Crippen LogP contribution < -0.4 is 15.5 Å². The Morgan fingerprint density at radius 1 is 1.07 bits per heavy atom. The molecule has 0 aromatic heterocycles. The number of ether oxygens (including phenoxy) is 1. The molecule has 1 aliphatic heterocycles. The van der Waals surface area contributed by atoms with Crippen molar-refractivity contribution in [3.63, 3.8) is 0 Å². The van der Waals surface area contributed by atoms with Crippen molar-refractivity contribution in [2.75, 3.05) is 36.2 Å². The smallest absolute Gasteiger partial charge is 0.250 e. The van der Waals surface area contributed by atoms with E-state index in [0.717, 1.165) is 21.9 Å². The van der Waals surface area contributed by atoms with E-state index in [1.165, 1.54) is 7.11 Å². The molecule has 0 spiro atoms. The van der Waals surface area contributed by atoms with Gasteiger partial charge in [-0.15, -0.1) is 11.8 Å². The summed E-state index contributed by atoms with van der Waals surface area (Å²) in [6, 6.07) is 15.1. The zero-order chi connectivity index (χ0) is 21.3. The van der Waals surface area contributed by atoms with Crippen molar-refractivity contribution < 1.29 is 19.1 Å². The third-order valence-corrected chi connectivity index (χ3v) is 5.61. The lowest BCUT2D eigenvalue weighted by Gasteiger charge is -2.29. The number of nitrogens with one attached hydrogen (secondary N) is 2. The first kappa shape index (κ1) is 21.9. The highest BCUT2D eigenvalue weighted by Gasteiger charge is 2.22. The van der Waals surface area contributed by atoms with Crippen molar-refractivity contribution in [2.24, 2.45) is 0 Å². The molecule has 0 aliphatic carbocycles. The molecule has 0 atom stereocenters. The Kier molecular flexibility index (Phi) is 7.87. The minimum Gasteiger partial charge on any atom is -0.375 e. The summed E-state index contributed by atoms with van der Waals surface area (Å²) in [5.74, 6) is 0.388. The molecule has 3 rings (SSSR count). The van der Waals surface area contributed by atoms with Crippen molar-refractivity contribution in [1.82, 2.24) is 5.32 Å². The number of methoxy groups -OCH3 is 1. The van der Waals surface area contributed by atoms with E-state index < -0.39 is 0 Å². The van der Waals surface area contributed by atoms with Gasteiger partial charge in [0.1, 0.15) is 6.61 Å². The van der Waals surface area contributed by atoms with E-state index in [-0.39, 0.29) is 37.2 Å². The topological polar surface area (TPSA) is 87.7 Å². The Balaban J connectivity index is 1.47. The summed E-state index contributed by atoms with van der Waals surface area (Å²) in [5.41, 5.74) is 2.42. The molecule has 7 nitrogen and oxygen atoms in total. The molecule has 2 aromatic rings. The molecule has 0 saturated carbocycles. The van der Waals surface area contributed by atoms with Gasteiger partial charge in [-0.3, -0.25) is 14.4 Å². The van der Waals surface area contributed by atoms with Crippen LogP contribution in [0.2, 0.25) is 0 Å². The highest BCUT2D eigenvalue weighted by atomic mass is 32.2. The van der Waals surface area contributed by atoms with Gasteiger partial charge in [-0.05, 0) is 29.8 Å². The van der Waals surface area contributed by atoms with E-state index in [1.54, 1.807) is 34.9 Å². The molecule has 1 heterocycles. The standard InChI is InChI=1S/C22H25N3O4S/c1-29-15-21(27)24-17-6-4-5-16(13-17)14-23-20(26)9-10-22(28)25-11-12-30-19-8-3-2-7-18(19)25/h2-8,13H,9-12,14-15H2,1H3,(H,23,26)(H,24,27). The molecule has 0 saturated heterocycles. The monoisotopic (exact) mass is 427 g/mol. The van der Waals surface area contributed by atoms with Crippen molar-refractivity contribution in [3.05, 3.63) is 54.1 Å². The van der Waals surface area contributed by atoms with Crippen molar-refractivity contribution in [3.8, 4) is 0 Å². The zero-order valence-electron chi connectivity index (χ0n) is 16.8. The molecule has 3 amide bonds. The van der Waals surface area contributed by atoms with Crippen molar-refractivity contribution >= 4 is 40.9 Å². The number of carbonyl (C=O) groups is 3. The van der Waals surface area contributed by atoms with Crippen LogP contribution in [0.15, 0.2) is 53.4 Å². The van der Waals surface area contributed by atoms with Gasteiger partial charge < -0.3 is 20.3 Å². The minimum absolute atomic E-state index is 0.0187. The predicted molar refractivity (Wildman–Crippen MR) is 118 cm³/mol. The molecule has 0 unspecified atom stereocenters. The second-order valence-corrected chi connectivity index (χ2v) is 7.96. The van der Waals surface area contributed by atoms with E-state index in [0.29, 0.717) is 18.8 Å². The summed E-state index contributed by atoms with van der Waals surface area (Å²) in [5, 5.41) is 5.56. The Bertz CT molecular complexity index is 919. The fourth-order valence-corrected chi connectivity index (χ4v) is 4.15. The Hall–Kier alpha value is -2.84. The number of hydrogen-bond donors (Lipinski definition) is 2. The maximum Gasteiger partial charge on any atom is 0.250 e. The number of para-hydroxylation sites is 1. The van der Waals surface area contributed by atoms with E-state index in [1.807, 2.05) is 30.3 Å². The summed E-state index contributed by atoms with van der Waals surface area (Å²) < 4.78 is 4.79. The molecule has 0 radical (unpaired) electrons. The first-order valence-electron chi connectivity index (χ1n) is 9.73. The summed E-state index contributed by atoms with van der Waals surface area (Å²) in [6.45, 7) is 0.961. The number of amides is 3. The SMILES string of the molecule is COCC(=O)Nc1cccc(CNC(=O)CCC(=O)N2CCSc3ccccc32)c1. The lowest BCUT2D eigenvalue weighted by molar-refractivity contribution is -0.125. The third kappa shape index (κ3) is 6.08. The normalized spacial score (nSPS) is 12.8. The van der Waals surface area contributed by atoms with Gasteiger partial charge in [0, 0.05) is 49.4 Å². The van der Waals surface area contributed by atoms with E-state index >= 15 is 0 Å². The first-order chi connectivity index (χ1) is 14.6. The average molecular weight is 428 g/mol. The molecule has 0 bridgehead atoms. The largest absolute Gasteiger partial charge is 0.375 e. The number of nitrogens with zero attached hydrogens (tertiary/aromatic N) is 1. The van der Waals surface area contributed by atoms with Crippen LogP contribution in [0.1, 0.15) is 18.4 Å². The van der Waals surface area contributed by atoms with Crippen molar-refractivity contribution in [2.45, 2.75) is 24.3 Å². The predicted octanol–water partition coefficient (Wildman–Crippen LogP) is 2.81. The molecule has 1 aliphatic rings. The van der Waals surface area contributed by atoms with Gasteiger partial charge in [-0.2, -0.15) is 0 Å². The molecule has 0 fully saturated rings. The number of benzene rings is 2. The van der Waals surface area contributed by atoms with Gasteiger partial charge in [-0.25, -0.2) is 0 Å². The number of thioether (sulfide) groups is 1. The molecule has 158 valence electrons. The number of anilines is 2. The number of hydrogen-bond acceptors (Lipinski definition) is 5. The quantitative estimate of drug-likeness (QED) is 0.676. The van der Waals surface area contributed by atoms with E-state index in [2.05, 4.69) is 10.6 Å².